The van der Waals surface area contributed by atoms with E-state index >= 15 is 0 Å². The van der Waals surface area contributed by atoms with E-state index in [0.29, 0.717) is 18.7 Å². The van der Waals surface area contributed by atoms with Gasteiger partial charge >= 0.3 is 6.03 Å². The Morgan fingerprint density at radius 1 is 1.19 bits per heavy atom. The summed E-state index contributed by atoms with van der Waals surface area (Å²) in [4.78, 5) is 39.1. The molecule has 1 N–H and O–H groups in total. The number of ether oxygens (including phenoxy) is 1. The molecule has 1 aromatic carbocycles. The molecule has 31 heavy (non-hydrogen) atoms. The highest BCUT2D eigenvalue weighted by Gasteiger charge is 2.51. The number of nitrogens with zero attached hydrogens (tertiary/aromatic N) is 2. The van der Waals surface area contributed by atoms with Gasteiger partial charge in [-0.1, -0.05) is 0 Å². The smallest absolute Gasteiger partial charge is 0.325 e. The largest absolute Gasteiger partial charge is 0.385 e. The SMILES string of the molecule is COCCCn1c(C)cc(C(=O)CN2C(=O)NC(C)(c3cc(F)ccc3F)C2=O)c1C. The maximum atomic E-state index is 14.3. The Hall–Kier alpha value is -3.07. The maximum Gasteiger partial charge on any atom is 0.325 e. The van der Waals surface area contributed by atoms with Crippen LogP contribution in [0.15, 0.2) is 24.3 Å². The third kappa shape index (κ3) is 4.10. The normalized spacial score (nSPS) is 18.6. The van der Waals surface area contributed by atoms with Gasteiger partial charge in [0.2, 0.25) is 0 Å². The Morgan fingerprint density at radius 3 is 2.58 bits per heavy atom. The lowest BCUT2D eigenvalue weighted by atomic mass is 9.91. The molecule has 2 aromatic rings. The standard InChI is InChI=1S/C22H25F2N3O4/c1-13-10-16(14(2)26(13)8-5-9-31-4)19(28)12-27-20(29)22(3,25-21(27)30)17-11-15(23)6-7-18(17)24/h6-7,10-11H,5,8-9,12H2,1-4H3,(H,25,30). The first kappa shape index (κ1) is 22.6. The molecular weight excluding hydrogens is 408 g/mol. The molecule has 166 valence electrons. The molecule has 1 unspecified atom stereocenters. The molecule has 1 fully saturated rings. The minimum Gasteiger partial charge on any atom is -0.385 e. The van der Waals surface area contributed by atoms with E-state index in [1.807, 2.05) is 11.5 Å². The van der Waals surface area contributed by atoms with E-state index < -0.39 is 41.4 Å². The minimum absolute atomic E-state index is 0.294. The lowest BCUT2D eigenvalue weighted by Gasteiger charge is -2.22. The second kappa shape index (κ2) is 8.58. The number of hydrogen-bond acceptors (Lipinski definition) is 4. The zero-order valence-corrected chi connectivity index (χ0v) is 17.9. The van der Waals surface area contributed by atoms with Gasteiger partial charge < -0.3 is 14.6 Å². The average molecular weight is 433 g/mol. The van der Waals surface area contributed by atoms with Crippen LogP contribution in [0.1, 0.15) is 40.7 Å². The number of amides is 3. The quantitative estimate of drug-likeness (QED) is 0.394. The summed E-state index contributed by atoms with van der Waals surface area (Å²) in [5, 5.41) is 2.40. The van der Waals surface area contributed by atoms with Crippen LogP contribution < -0.4 is 5.32 Å². The summed E-state index contributed by atoms with van der Waals surface area (Å²) in [6.07, 6.45) is 0.769. The van der Waals surface area contributed by atoms with Crippen LogP contribution in [0.5, 0.6) is 0 Å². The molecule has 1 atom stereocenters. The number of halogens is 2. The number of ketones is 1. The number of imide groups is 1. The Kier molecular flexibility index (Phi) is 6.26. The second-order valence-corrected chi connectivity index (χ2v) is 7.78. The first-order valence-corrected chi connectivity index (χ1v) is 9.88. The van der Waals surface area contributed by atoms with Crippen molar-refractivity contribution in [2.24, 2.45) is 0 Å². The number of nitrogens with one attached hydrogen (secondary N) is 1. The fourth-order valence-corrected chi connectivity index (χ4v) is 3.93. The Balaban J connectivity index is 1.83. The predicted octanol–water partition coefficient (Wildman–Crippen LogP) is 3.07. The summed E-state index contributed by atoms with van der Waals surface area (Å²) < 4.78 is 35.0. The van der Waals surface area contributed by atoms with E-state index in [2.05, 4.69) is 5.32 Å². The number of aromatic nitrogens is 1. The number of carbonyl (C=O) groups is 3. The molecule has 0 aliphatic carbocycles. The highest BCUT2D eigenvalue weighted by molar-refractivity contribution is 6.11. The molecule has 0 bridgehead atoms. The summed E-state index contributed by atoms with van der Waals surface area (Å²) in [6.45, 7) is 5.70. The number of urea groups is 1. The number of carbonyl (C=O) groups excluding carboxylic acids is 3. The van der Waals surface area contributed by atoms with Gasteiger partial charge in [0.1, 0.15) is 17.2 Å². The van der Waals surface area contributed by atoms with Crippen molar-refractivity contribution in [1.29, 1.82) is 0 Å². The van der Waals surface area contributed by atoms with E-state index in [9.17, 15) is 23.2 Å². The molecule has 2 heterocycles. The highest BCUT2D eigenvalue weighted by atomic mass is 19.1. The van der Waals surface area contributed by atoms with Gasteiger partial charge in [-0.15, -0.1) is 0 Å². The number of methoxy groups -OCH3 is 1. The number of rotatable bonds is 8. The summed E-state index contributed by atoms with van der Waals surface area (Å²) in [5.41, 5.74) is -0.0933. The zero-order chi connectivity index (χ0) is 22.9. The molecule has 3 amide bonds. The fraction of sp³-hybridized carbons (Fsp3) is 0.409. The van der Waals surface area contributed by atoms with Gasteiger partial charge in [-0.25, -0.2) is 13.6 Å². The lowest BCUT2D eigenvalue weighted by molar-refractivity contribution is -0.130. The maximum absolute atomic E-state index is 14.3. The monoisotopic (exact) mass is 433 g/mol. The van der Waals surface area contributed by atoms with Crippen LogP contribution in [0.25, 0.3) is 0 Å². The summed E-state index contributed by atoms with van der Waals surface area (Å²) >= 11 is 0. The van der Waals surface area contributed by atoms with Crippen molar-refractivity contribution < 1.29 is 27.9 Å². The Morgan fingerprint density at radius 2 is 1.90 bits per heavy atom. The molecule has 9 heteroatoms. The third-order valence-electron chi connectivity index (χ3n) is 5.65. The summed E-state index contributed by atoms with van der Waals surface area (Å²) in [6, 6.07) is 3.56. The molecule has 1 aliphatic rings. The number of aryl methyl sites for hydroxylation is 1. The summed E-state index contributed by atoms with van der Waals surface area (Å²) in [5.74, 6) is -2.80. The molecule has 1 aliphatic heterocycles. The minimum atomic E-state index is -1.80. The highest BCUT2D eigenvalue weighted by Crippen LogP contribution is 2.31. The number of Topliss-reactive ketones (excluding diaryl/α,β-unsaturated/α-hetero) is 1. The first-order chi connectivity index (χ1) is 14.6. The third-order valence-corrected chi connectivity index (χ3v) is 5.65. The molecule has 7 nitrogen and oxygen atoms in total. The van der Waals surface area contributed by atoms with Crippen LogP contribution in [-0.2, 0) is 21.6 Å². The topological polar surface area (TPSA) is 80.6 Å². The molecule has 0 saturated carbocycles. The molecular formula is C22H25F2N3O4. The number of benzene rings is 1. The van der Waals surface area contributed by atoms with Crippen LogP contribution in [0.4, 0.5) is 13.6 Å². The van der Waals surface area contributed by atoms with E-state index in [4.69, 9.17) is 4.74 Å². The average Bonchev–Trinajstić information content (AvgIpc) is 3.12. The zero-order valence-electron chi connectivity index (χ0n) is 17.9. The van der Waals surface area contributed by atoms with Gasteiger partial charge in [-0.2, -0.15) is 0 Å². The van der Waals surface area contributed by atoms with Crippen molar-refractivity contribution in [1.82, 2.24) is 14.8 Å². The van der Waals surface area contributed by atoms with Crippen LogP contribution >= 0.6 is 0 Å². The van der Waals surface area contributed by atoms with E-state index in [-0.39, 0.29) is 5.56 Å². The lowest BCUT2D eigenvalue weighted by Crippen LogP contribution is -2.42. The van der Waals surface area contributed by atoms with Gasteiger partial charge in [-0.3, -0.25) is 14.5 Å². The van der Waals surface area contributed by atoms with Crippen molar-refractivity contribution in [3.63, 3.8) is 0 Å². The van der Waals surface area contributed by atoms with Crippen molar-refractivity contribution >= 4 is 17.7 Å². The molecule has 1 saturated heterocycles. The van der Waals surface area contributed by atoms with Crippen LogP contribution in [0.2, 0.25) is 0 Å². The molecule has 0 radical (unpaired) electrons. The van der Waals surface area contributed by atoms with Crippen molar-refractivity contribution in [2.75, 3.05) is 20.3 Å². The van der Waals surface area contributed by atoms with E-state index in [0.717, 1.165) is 40.9 Å². The van der Waals surface area contributed by atoms with Crippen LogP contribution in [-0.4, -0.2) is 47.4 Å². The Bertz CT molecular complexity index is 1050. The van der Waals surface area contributed by atoms with Crippen LogP contribution in [0.3, 0.4) is 0 Å². The van der Waals surface area contributed by atoms with Gasteiger partial charge in [0, 0.05) is 42.8 Å². The van der Waals surface area contributed by atoms with Gasteiger partial charge in [0.15, 0.2) is 5.78 Å². The predicted molar refractivity (Wildman–Crippen MR) is 109 cm³/mol. The van der Waals surface area contributed by atoms with E-state index in [1.165, 1.54) is 6.92 Å². The second-order valence-electron chi connectivity index (χ2n) is 7.78. The van der Waals surface area contributed by atoms with Gasteiger partial charge in [0.05, 0.1) is 6.54 Å². The molecule has 0 spiro atoms. The molecule has 3 rings (SSSR count). The van der Waals surface area contributed by atoms with Gasteiger partial charge in [-0.05, 0) is 51.5 Å². The Labute approximate surface area is 179 Å². The van der Waals surface area contributed by atoms with E-state index in [1.54, 1.807) is 20.1 Å². The van der Waals surface area contributed by atoms with Crippen molar-refractivity contribution in [2.45, 2.75) is 39.3 Å². The van der Waals surface area contributed by atoms with Gasteiger partial charge in [0.25, 0.3) is 5.91 Å². The van der Waals surface area contributed by atoms with Crippen molar-refractivity contribution in [3.05, 3.63) is 58.4 Å². The number of hydrogen-bond donors (Lipinski definition) is 1. The summed E-state index contributed by atoms with van der Waals surface area (Å²) in [7, 11) is 1.62. The molecule has 1 aromatic heterocycles. The van der Waals surface area contributed by atoms with Crippen LogP contribution in [0, 0.1) is 25.5 Å². The fourth-order valence-electron chi connectivity index (χ4n) is 3.93. The van der Waals surface area contributed by atoms with Crippen molar-refractivity contribution in [3.8, 4) is 0 Å². The first-order valence-electron chi connectivity index (χ1n) is 9.88.